The van der Waals surface area contributed by atoms with Gasteiger partial charge in [-0.25, -0.2) is 4.39 Å². The molecule has 0 bridgehead atoms. The molecule has 0 aromatic heterocycles. The Balaban J connectivity index is 2.69. The number of hydrogen-bond donors (Lipinski definition) is 2. The Morgan fingerprint density at radius 3 is 2.88 bits per heavy atom. The highest BCUT2D eigenvalue weighted by atomic mass is 35.5. The van der Waals surface area contributed by atoms with Crippen LogP contribution in [0.1, 0.15) is 19.8 Å². The van der Waals surface area contributed by atoms with Gasteiger partial charge >= 0.3 is 0 Å². The second-order valence-corrected chi connectivity index (χ2v) is 3.95. The zero-order valence-corrected chi connectivity index (χ0v) is 9.72. The average molecular weight is 245 g/mol. The number of carbonyl (C=O) groups excluding carboxylic acids is 1. The van der Waals surface area contributed by atoms with Crippen LogP contribution in [-0.4, -0.2) is 11.9 Å². The maximum Gasteiger partial charge on any atom is 0.241 e. The summed E-state index contributed by atoms with van der Waals surface area (Å²) >= 11 is 5.59. The van der Waals surface area contributed by atoms with Gasteiger partial charge in [-0.05, 0) is 24.6 Å². The summed E-state index contributed by atoms with van der Waals surface area (Å²) in [7, 11) is 0. The third-order valence-electron chi connectivity index (χ3n) is 2.13. The van der Waals surface area contributed by atoms with Crippen molar-refractivity contribution in [2.45, 2.75) is 25.8 Å². The topological polar surface area (TPSA) is 55.1 Å². The minimum Gasteiger partial charge on any atom is -0.322 e. The summed E-state index contributed by atoms with van der Waals surface area (Å²) in [5.74, 6) is -0.951. The van der Waals surface area contributed by atoms with Crippen molar-refractivity contribution in [2.75, 3.05) is 5.32 Å². The van der Waals surface area contributed by atoms with Crippen LogP contribution in [0.5, 0.6) is 0 Å². The highest BCUT2D eigenvalue weighted by molar-refractivity contribution is 6.30. The van der Waals surface area contributed by atoms with E-state index in [4.69, 9.17) is 17.3 Å². The molecule has 3 N–H and O–H groups in total. The molecule has 0 radical (unpaired) electrons. The molecule has 1 aromatic rings. The first-order valence-electron chi connectivity index (χ1n) is 5.06. The smallest absolute Gasteiger partial charge is 0.241 e. The van der Waals surface area contributed by atoms with Gasteiger partial charge in [-0.2, -0.15) is 0 Å². The third kappa shape index (κ3) is 3.47. The van der Waals surface area contributed by atoms with Gasteiger partial charge in [-0.15, -0.1) is 0 Å². The zero-order chi connectivity index (χ0) is 12.1. The molecule has 0 spiro atoms. The van der Waals surface area contributed by atoms with E-state index in [2.05, 4.69) is 5.32 Å². The van der Waals surface area contributed by atoms with Crippen LogP contribution in [0.15, 0.2) is 18.2 Å². The van der Waals surface area contributed by atoms with Gasteiger partial charge in [0.2, 0.25) is 5.91 Å². The molecule has 0 heterocycles. The predicted molar refractivity (Wildman–Crippen MR) is 62.9 cm³/mol. The molecular formula is C11H14ClFN2O. The van der Waals surface area contributed by atoms with Crippen molar-refractivity contribution in [1.82, 2.24) is 0 Å². The first kappa shape index (κ1) is 12.9. The molecule has 5 heteroatoms. The molecule has 1 atom stereocenters. The first-order valence-corrected chi connectivity index (χ1v) is 5.44. The van der Waals surface area contributed by atoms with Gasteiger partial charge < -0.3 is 11.1 Å². The molecule has 0 aliphatic carbocycles. The molecule has 0 unspecified atom stereocenters. The van der Waals surface area contributed by atoms with Crippen molar-refractivity contribution >= 4 is 23.2 Å². The Morgan fingerprint density at radius 1 is 1.62 bits per heavy atom. The Labute approximate surface area is 98.8 Å². The minimum atomic E-state index is -0.611. The summed E-state index contributed by atoms with van der Waals surface area (Å²) in [6.07, 6.45) is 1.37. The van der Waals surface area contributed by atoms with Crippen LogP contribution in [0, 0.1) is 5.82 Å². The van der Waals surface area contributed by atoms with E-state index in [9.17, 15) is 9.18 Å². The largest absolute Gasteiger partial charge is 0.322 e. The van der Waals surface area contributed by atoms with E-state index in [1.165, 1.54) is 12.1 Å². The molecule has 1 rings (SSSR count). The first-order chi connectivity index (χ1) is 7.54. The van der Waals surface area contributed by atoms with Crippen molar-refractivity contribution in [3.05, 3.63) is 29.0 Å². The Hall–Kier alpha value is -1.13. The standard InChI is InChI=1S/C11H14ClFN2O/c1-2-3-9(14)11(16)15-10-5-4-7(12)6-8(10)13/h4-6,9H,2-3,14H2,1H3,(H,15,16)/t9-/m0/s1. The Bertz CT molecular complexity index is 384. The van der Waals surface area contributed by atoms with E-state index in [0.717, 1.165) is 12.5 Å². The summed E-state index contributed by atoms with van der Waals surface area (Å²) in [5, 5.41) is 2.71. The number of hydrogen-bond acceptors (Lipinski definition) is 2. The molecule has 16 heavy (non-hydrogen) atoms. The fraction of sp³-hybridized carbons (Fsp3) is 0.364. The summed E-state index contributed by atoms with van der Waals surface area (Å²) < 4.78 is 13.3. The highest BCUT2D eigenvalue weighted by Crippen LogP contribution is 2.19. The number of rotatable bonds is 4. The summed E-state index contributed by atoms with van der Waals surface area (Å²) in [4.78, 5) is 11.5. The molecule has 0 aliphatic heterocycles. The van der Waals surface area contributed by atoms with Gasteiger partial charge in [-0.1, -0.05) is 24.9 Å². The van der Waals surface area contributed by atoms with E-state index in [1.807, 2.05) is 6.92 Å². The van der Waals surface area contributed by atoms with Crippen LogP contribution < -0.4 is 11.1 Å². The number of benzene rings is 1. The predicted octanol–water partition coefficient (Wildman–Crippen LogP) is 2.55. The number of nitrogens with one attached hydrogen (secondary N) is 1. The van der Waals surface area contributed by atoms with Crippen LogP contribution in [0.25, 0.3) is 0 Å². The lowest BCUT2D eigenvalue weighted by Crippen LogP contribution is -2.35. The van der Waals surface area contributed by atoms with Gasteiger partial charge in [0, 0.05) is 5.02 Å². The van der Waals surface area contributed by atoms with Crippen LogP contribution in [0.3, 0.4) is 0 Å². The van der Waals surface area contributed by atoms with Crippen molar-refractivity contribution in [3.8, 4) is 0 Å². The fourth-order valence-corrected chi connectivity index (χ4v) is 1.42. The van der Waals surface area contributed by atoms with Crippen molar-refractivity contribution in [2.24, 2.45) is 5.73 Å². The third-order valence-corrected chi connectivity index (χ3v) is 2.36. The van der Waals surface area contributed by atoms with Gasteiger partial charge in [0.1, 0.15) is 5.82 Å². The van der Waals surface area contributed by atoms with Gasteiger partial charge in [0.25, 0.3) is 0 Å². The van der Waals surface area contributed by atoms with Crippen LogP contribution in [0.4, 0.5) is 10.1 Å². The van der Waals surface area contributed by atoms with Crippen molar-refractivity contribution in [1.29, 1.82) is 0 Å². The van der Waals surface area contributed by atoms with Gasteiger partial charge in [0.15, 0.2) is 0 Å². The monoisotopic (exact) mass is 244 g/mol. The van der Waals surface area contributed by atoms with Crippen molar-refractivity contribution in [3.63, 3.8) is 0 Å². The number of amides is 1. The number of anilines is 1. The molecule has 1 amide bonds. The highest BCUT2D eigenvalue weighted by Gasteiger charge is 2.14. The number of nitrogens with two attached hydrogens (primary N) is 1. The second kappa shape index (κ2) is 5.82. The lowest BCUT2D eigenvalue weighted by molar-refractivity contribution is -0.117. The lowest BCUT2D eigenvalue weighted by atomic mass is 10.1. The minimum absolute atomic E-state index is 0.0981. The molecule has 0 fully saturated rings. The number of halogens is 2. The van der Waals surface area contributed by atoms with Crippen LogP contribution in [-0.2, 0) is 4.79 Å². The molecule has 88 valence electrons. The van der Waals surface area contributed by atoms with Gasteiger partial charge in [0.05, 0.1) is 11.7 Å². The Morgan fingerprint density at radius 2 is 2.31 bits per heavy atom. The van der Waals surface area contributed by atoms with E-state index in [0.29, 0.717) is 6.42 Å². The quantitative estimate of drug-likeness (QED) is 0.855. The molecule has 1 aromatic carbocycles. The van der Waals surface area contributed by atoms with E-state index < -0.39 is 11.9 Å². The normalized spacial score (nSPS) is 12.2. The van der Waals surface area contributed by atoms with Crippen molar-refractivity contribution < 1.29 is 9.18 Å². The molecule has 3 nitrogen and oxygen atoms in total. The molecule has 0 saturated carbocycles. The molecule has 0 saturated heterocycles. The summed E-state index contributed by atoms with van der Waals surface area (Å²) in [5.41, 5.74) is 5.69. The van der Waals surface area contributed by atoms with E-state index >= 15 is 0 Å². The molecular weight excluding hydrogens is 231 g/mol. The van der Waals surface area contributed by atoms with Crippen LogP contribution >= 0.6 is 11.6 Å². The molecule has 0 aliphatic rings. The Kier molecular flexibility index (Phi) is 4.71. The maximum atomic E-state index is 13.3. The van der Waals surface area contributed by atoms with Gasteiger partial charge in [-0.3, -0.25) is 4.79 Å². The fourth-order valence-electron chi connectivity index (χ4n) is 1.26. The summed E-state index contributed by atoms with van der Waals surface area (Å²) in [6, 6.07) is 3.45. The maximum absolute atomic E-state index is 13.3. The summed E-state index contributed by atoms with van der Waals surface area (Å²) in [6.45, 7) is 1.93. The van der Waals surface area contributed by atoms with E-state index in [-0.39, 0.29) is 16.6 Å². The second-order valence-electron chi connectivity index (χ2n) is 3.51. The zero-order valence-electron chi connectivity index (χ0n) is 8.97. The lowest BCUT2D eigenvalue weighted by Gasteiger charge is -2.11. The SMILES string of the molecule is CCC[C@H](N)C(=O)Nc1ccc(Cl)cc1F. The average Bonchev–Trinajstić information content (AvgIpc) is 2.22. The van der Waals surface area contributed by atoms with Crippen LogP contribution in [0.2, 0.25) is 5.02 Å². The number of carbonyl (C=O) groups is 1. The van der Waals surface area contributed by atoms with E-state index in [1.54, 1.807) is 0 Å².